The van der Waals surface area contributed by atoms with Crippen molar-refractivity contribution in [1.29, 1.82) is 0 Å². The molecule has 0 saturated carbocycles. The molecule has 176 valence electrons. The van der Waals surface area contributed by atoms with E-state index in [4.69, 9.17) is 23.8 Å². The first-order valence-corrected chi connectivity index (χ1v) is 12.8. The van der Waals surface area contributed by atoms with Crippen LogP contribution in [-0.4, -0.2) is 40.0 Å². The summed E-state index contributed by atoms with van der Waals surface area (Å²) >= 11 is 12.8. The summed E-state index contributed by atoms with van der Waals surface area (Å²) in [4.78, 5) is 42.8. The molecular weight excluding hydrogens is 490 g/mol. The van der Waals surface area contributed by atoms with Gasteiger partial charge in [-0.1, -0.05) is 92.1 Å². The number of thiocarbonyl (C=S) groups is 1. The Balaban J connectivity index is 1.58. The summed E-state index contributed by atoms with van der Waals surface area (Å²) in [5.41, 5.74) is 1.99. The molecule has 34 heavy (non-hydrogen) atoms. The molecule has 1 N–H and O–H groups in total. The van der Waals surface area contributed by atoms with E-state index in [-0.39, 0.29) is 24.3 Å². The Morgan fingerprint density at radius 1 is 1.00 bits per heavy atom. The van der Waals surface area contributed by atoms with Crippen LogP contribution in [0.5, 0.6) is 0 Å². The summed E-state index contributed by atoms with van der Waals surface area (Å²) in [6, 6.07) is 14.1. The van der Waals surface area contributed by atoms with Crippen molar-refractivity contribution in [2.75, 3.05) is 23.3 Å². The van der Waals surface area contributed by atoms with Crippen molar-refractivity contribution in [3.8, 4) is 0 Å². The summed E-state index contributed by atoms with van der Waals surface area (Å²) in [5, 5.41) is 3.16. The highest BCUT2D eigenvalue weighted by Crippen LogP contribution is 2.44. The van der Waals surface area contributed by atoms with Gasteiger partial charge in [-0.3, -0.25) is 24.2 Å². The predicted octanol–water partition coefficient (Wildman–Crippen LogP) is 5.48. The number of anilines is 2. The van der Waals surface area contributed by atoms with Crippen molar-refractivity contribution >= 4 is 74.6 Å². The van der Waals surface area contributed by atoms with Crippen molar-refractivity contribution in [1.82, 2.24) is 4.90 Å². The minimum atomic E-state index is -0.388. The third-order valence-electron chi connectivity index (χ3n) is 5.68. The fourth-order valence-electron chi connectivity index (χ4n) is 3.99. The molecule has 9 heteroatoms. The first-order valence-electron chi connectivity index (χ1n) is 11.2. The second-order valence-corrected chi connectivity index (χ2v) is 10.1. The van der Waals surface area contributed by atoms with Gasteiger partial charge in [0.05, 0.1) is 26.9 Å². The van der Waals surface area contributed by atoms with Gasteiger partial charge in [0.15, 0.2) is 0 Å². The Morgan fingerprint density at radius 2 is 1.74 bits per heavy atom. The third-order valence-corrected chi connectivity index (χ3v) is 7.46. The average molecular weight is 514 g/mol. The molecule has 0 aromatic heterocycles. The lowest BCUT2D eigenvalue weighted by molar-refractivity contribution is -0.122. The highest BCUT2D eigenvalue weighted by Gasteiger charge is 2.42. The topological polar surface area (TPSA) is 69.7 Å². The SMILES string of the molecule is CCCCCCN1C(=O)/C(=C2/C(=O)N(CC(=O)Nc3ccccc3Cl)c3ccccc32)SC1=S. The van der Waals surface area contributed by atoms with Crippen LogP contribution in [0.4, 0.5) is 11.4 Å². The Morgan fingerprint density at radius 3 is 2.50 bits per heavy atom. The molecule has 6 nitrogen and oxygen atoms in total. The number of benzene rings is 2. The number of hydrogen-bond donors (Lipinski definition) is 1. The molecule has 3 amide bonds. The van der Waals surface area contributed by atoms with Gasteiger partial charge in [-0.05, 0) is 24.6 Å². The van der Waals surface area contributed by atoms with Crippen LogP contribution in [0.1, 0.15) is 38.2 Å². The van der Waals surface area contributed by atoms with Gasteiger partial charge in [-0.2, -0.15) is 0 Å². The first-order chi connectivity index (χ1) is 16.4. The van der Waals surface area contributed by atoms with Crippen LogP contribution in [0.15, 0.2) is 53.4 Å². The lowest BCUT2D eigenvalue weighted by Crippen LogP contribution is -2.35. The van der Waals surface area contributed by atoms with E-state index in [2.05, 4.69) is 12.2 Å². The number of hydrogen-bond acceptors (Lipinski definition) is 5. The van der Waals surface area contributed by atoms with Crippen molar-refractivity contribution < 1.29 is 14.4 Å². The smallest absolute Gasteiger partial charge is 0.267 e. The molecule has 4 rings (SSSR count). The maximum atomic E-state index is 13.5. The lowest BCUT2D eigenvalue weighted by atomic mass is 10.1. The van der Waals surface area contributed by atoms with E-state index < -0.39 is 0 Å². The second-order valence-electron chi connectivity index (χ2n) is 8.03. The highest BCUT2D eigenvalue weighted by molar-refractivity contribution is 8.26. The predicted molar refractivity (Wildman–Crippen MR) is 142 cm³/mol. The largest absolute Gasteiger partial charge is 0.323 e. The van der Waals surface area contributed by atoms with Gasteiger partial charge in [0.2, 0.25) is 5.91 Å². The van der Waals surface area contributed by atoms with Gasteiger partial charge in [-0.15, -0.1) is 0 Å². The number of amides is 3. The van der Waals surface area contributed by atoms with Crippen LogP contribution in [0.3, 0.4) is 0 Å². The van der Waals surface area contributed by atoms with E-state index in [0.717, 1.165) is 37.4 Å². The summed E-state index contributed by atoms with van der Waals surface area (Å²) in [6.45, 7) is 2.47. The molecule has 1 fully saturated rings. The van der Waals surface area contributed by atoms with Crippen LogP contribution in [0.2, 0.25) is 5.02 Å². The van der Waals surface area contributed by atoms with Crippen molar-refractivity contribution in [2.24, 2.45) is 0 Å². The summed E-state index contributed by atoms with van der Waals surface area (Å²) in [6.07, 6.45) is 4.10. The molecule has 0 bridgehead atoms. The van der Waals surface area contributed by atoms with E-state index in [0.29, 0.717) is 43.3 Å². The Bertz CT molecular complexity index is 1200. The van der Waals surface area contributed by atoms with E-state index in [1.165, 1.54) is 4.90 Å². The van der Waals surface area contributed by atoms with Crippen LogP contribution in [0, 0.1) is 0 Å². The molecule has 2 aliphatic heterocycles. The van der Waals surface area contributed by atoms with Crippen molar-refractivity contribution in [3.05, 3.63) is 64.0 Å². The molecule has 0 spiro atoms. The molecular formula is C25H24ClN3O3S2. The number of halogens is 1. The molecule has 2 aromatic rings. The van der Waals surface area contributed by atoms with Crippen LogP contribution >= 0.6 is 35.6 Å². The zero-order valence-electron chi connectivity index (χ0n) is 18.7. The minimum absolute atomic E-state index is 0.206. The van der Waals surface area contributed by atoms with Gasteiger partial charge >= 0.3 is 0 Å². The molecule has 0 aliphatic carbocycles. The summed E-state index contributed by atoms with van der Waals surface area (Å²) in [5.74, 6) is -1.02. The van der Waals surface area contributed by atoms with Gasteiger partial charge in [0, 0.05) is 12.1 Å². The third kappa shape index (κ3) is 4.89. The second kappa shape index (κ2) is 10.7. The van der Waals surface area contributed by atoms with Crippen LogP contribution < -0.4 is 10.2 Å². The van der Waals surface area contributed by atoms with Crippen LogP contribution in [-0.2, 0) is 14.4 Å². The fraction of sp³-hybridized carbons (Fsp3) is 0.280. The molecule has 2 aromatic carbocycles. The number of fused-ring (bicyclic) bond motifs is 1. The molecule has 2 heterocycles. The molecule has 0 atom stereocenters. The Hall–Kier alpha value is -2.68. The van der Waals surface area contributed by atoms with E-state index >= 15 is 0 Å². The Labute approximate surface area is 213 Å². The minimum Gasteiger partial charge on any atom is -0.323 e. The maximum absolute atomic E-state index is 13.5. The average Bonchev–Trinajstić information content (AvgIpc) is 3.25. The summed E-state index contributed by atoms with van der Waals surface area (Å²) in [7, 11) is 0. The Kier molecular flexibility index (Phi) is 7.70. The first kappa shape index (κ1) is 24.4. The van der Waals surface area contributed by atoms with Gasteiger partial charge in [0.25, 0.3) is 11.8 Å². The zero-order valence-corrected chi connectivity index (χ0v) is 21.1. The lowest BCUT2D eigenvalue weighted by Gasteiger charge is -2.17. The number of carbonyl (C=O) groups is 3. The number of carbonyl (C=O) groups excluding carboxylic acids is 3. The quantitative estimate of drug-likeness (QED) is 0.287. The van der Waals surface area contributed by atoms with E-state index in [9.17, 15) is 14.4 Å². The van der Waals surface area contributed by atoms with Crippen LogP contribution in [0.25, 0.3) is 5.57 Å². The maximum Gasteiger partial charge on any atom is 0.267 e. The standard InChI is InChI=1S/C25H24ClN3O3S2/c1-2-3-4-9-14-28-24(32)22(34-25(28)33)21-16-10-5-8-13-19(16)29(23(21)31)15-20(30)27-18-12-7-6-11-17(18)26/h5-8,10-13H,2-4,9,14-15H2,1H3,(H,27,30)/b22-21-. The van der Waals surface area contributed by atoms with Crippen molar-refractivity contribution in [3.63, 3.8) is 0 Å². The number of thioether (sulfide) groups is 1. The normalized spacial score (nSPS) is 17.5. The zero-order chi connectivity index (χ0) is 24.2. The van der Waals surface area contributed by atoms with E-state index in [1.807, 2.05) is 6.07 Å². The van der Waals surface area contributed by atoms with E-state index in [1.54, 1.807) is 47.4 Å². The monoisotopic (exact) mass is 513 g/mol. The number of nitrogens with zero attached hydrogens (tertiary/aromatic N) is 2. The van der Waals surface area contributed by atoms with Crippen molar-refractivity contribution in [2.45, 2.75) is 32.6 Å². The number of unbranched alkanes of at least 4 members (excludes halogenated alkanes) is 3. The van der Waals surface area contributed by atoms with Gasteiger partial charge in [-0.25, -0.2) is 0 Å². The summed E-state index contributed by atoms with van der Waals surface area (Å²) < 4.78 is 0.462. The van der Waals surface area contributed by atoms with Gasteiger partial charge < -0.3 is 5.32 Å². The molecule has 0 unspecified atom stereocenters. The molecule has 2 aliphatic rings. The highest BCUT2D eigenvalue weighted by atomic mass is 35.5. The molecule has 0 radical (unpaired) electrons. The molecule has 1 saturated heterocycles. The number of rotatable bonds is 8. The number of para-hydroxylation sites is 2. The fourth-order valence-corrected chi connectivity index (χ4v) is 5.55. The van der Waals surface area contributed by atoms with Gasteiger partial charge in [0.1, 0.15) is 10.9 Å². The number of nitrogens with one attached hydrogen (secondary N) is 1.